The number of carbonyl (C=O) groups excluding carboxylic acids is 1. The van der Waals surface area contributed by atoms with Crippen LogP contribution in [0.1, 0.15) is 27.0 Å². The van der Waals surface area contributed by atoms with E-state index in [0.717, 1.165) is 5.56 Å². The van der Waals surface area contributed by atoms with Crippen molar-refractivity contribution in [3.8, 4) is 0 Å². The zero-order chi connectivity index (χ0) is 16.6. The van der Waals surface area contributed by atoms with Crippen LogP contribution in [0.4, 0.5) is 0 Å². The van der Waals surface area contributed by atoms with Gasteiger partial charge in [0.1, 0.15) is 0 Å². The maximum atomic E-state index is 12.7. The standard InChI is InChI=1S/C18H15NO3S/c1-12-7-8-13(2)18(11-12)23(21,22)19-16-9-10-17(20)15-6-4-3-5-14(15)16/h3-11H,1-2H3/b19-16+. The van der Waals surface area contributed by atoms with Crippen LogP contribution in [0.15, 0.2) is 63.9 Å². The zero-order valence-electron chi connectivity index (χ0n) is 12.8. The summed E-state index contributed by atoms with van der Waals surface area (Å²) >= 11 is 0. The summed E-state index contributed by atoms with van der Waals surface area (Å²) < 4.78 is 29.3. The van der Waals surface area contributed by atoms with Crippen molar-refractivity contribution in [1.29, 1.82) is 0 Å². The third-order valence-corrected chi connectivity index (χ3v) is 5.13. The van der Waals surface area contributed by atoms with Gasteiger partial charge in [-0.15, -0.1) is 0 Å². The van der Waals surface area contributed by atoms with Crippen LogP contribution in [-0.2, 0) is 10.0 Å². The highest BCUT2D eigenvalue weighted by atomic mass is 32.2. The molecule has 4 nitrogen and oxygen atoms in total. The Morgan fingerprint density at radius 1 is 0.913 bits per heavy atom. The van der Waals surface area contributed by atoms with Crippen LogP contribution in [0.25, 0.3) is 0 Å². The number of rotatable bonds is 2. The van der Waals surface area contributed by atoms with E-state index in [4.69, 9.17) is 0 Å². The lowest BCUT2D eigenvalue weighted by Gasteiger charge is -2.12. The fraction of sp³-hybridized carbons (Fsp3) is 0.111. The van der Waals surface area contributed by atoms with E-state index < -0.39 is 10.0 Å². The number of hydrogen-bond donors (Lipinski definition) is 0. The van der Waals surface area contributed by atoms with Crippen molar-refractivity contribution < 1.29 is 13.2 Å². The number of sulfonamides is 1. The fourth-order valence-corrected chi connectivity index (χ4v) is 3.83. The highest BCUT2D eigenvalue weighted by molar-refractivity contribution is 7.90. The normalized spacial score (nSPS) is 15.7. The highest BCUT2D eigenvalue weighted by Gasteiger charge is 2.21. The number of carbonyl (C=O) groups is 1. The highest BCUT2D eigenvalue weighted by Crippen LogP contribution is 2.23. The Bertz CT molecular complexity index is 970. The summed E-state index contributed by atoms with van der Waals surface area (Å²) in [6.07, 6.45) is 2.80. The van der Waals surface area contributed by atoms with Crippen LogP contribution in [0, 0.1) is 13.8 Å². The first-order valence-electron chi connectivity index (χ1n) is 7.12. The van der Waals surface area contributed by atoms with Gasteiger partial charge in [0.25, 0.3) is 10.0 Å². The molecule has 1 aliphatic carbocycles. The number of aryl methyl sites for hydroxylation is 2. The average molecular weight is 325 g/mol. The molecule has 0 atom stereocenters. The molecule has 3 rings (SSSR count). The van der Waals surface area contributed by atoms with Gasteiger partial charge in [-0.2, -0.15) is 12.8 Å². The van der Waals surface area contributed by atoms with Crippen LogP contribution >= 0.6 is 0 Å². The number of nitrogens with zero attached hydrogens (tertiary/aromatic N) is 1. The Kier molecular flexibility index (Phi) is 3.74. The summed E-state index contributed by atoms with van der Waals surface area (Å²) in [5, 5.41) is 0. The third-order valence-electron chi connectivity index (χ3n) is 3.70. The van der Waals surface area contributed by atoms with Crippen molar-refractivity contribution in [3.63, 3.8) is 0 Å². The molecule has 116 valence electrons. The minimum absolute atomic E-state index is 0.149. The first kappa shape index (κ1) is 15.4. The summed E-state index contributed by atoms with van der Waals surface area (Å²) in [5.41, 5.74) is 2.77. The predicted octanol–water partition coefficient (Wildman–Crippen LogP) is 3.23. The summed E-state index contributed by atoms with van der Waals surface area (Å²) in [4.78, 5) is 12.1. The molecule has 0 saturated carbocycles. The maximum Gasteiger partial charge on any atom is 0.283 e. The summed E-state index contributed by atoms with van der Waals surface area (Å²) in [7, 11) is -3.85. The van der Waals surface area contributed by atoms with Crippen LogP contribution < -0.4 is 0 Å². The van der Waals surface area contributed by atoms with E-state index >= 15 is 0 Å². The molecule has 0 aromatic heterocycles. The Morgan fingerprint density at radius 2 is 1.61 bits per heavy atom. The van der Waals surface area contributed by atoms with Gasteiger partial charge in [0.15, 0.2) is 5.78 Å². The maximum absolute atomic E-state index is 12.7. The van der Waals surface area contributed by atoms with Gasteiger partial charge < -0.3 is 0 Å². The van der Waals surface area contributed by atoms with E-state index in [0.29, 0.717) is 16.7 Å². The molecule has 0 fully saturated rings. The molecular formula is C18H15NO3S. The van der Waals surface area contributed by atoms with E-state index in [9.17, 15) is 13.2 Å². The van der Waals surface area contributed by atoms with Crippen molar-refractivity contribution >= 4 is 21.5 Å². The smallest absolute Gasteiger partial charge is 0.283 e. The van der Waals surface area contributed by atoms with Crippen LogP contribution in [-0.4, -0.2) is 19.9 Å². The summed E-state index contributed by atoms with van der Waals surface area (Å²) in [6.45, 7) is 3.57. The molecule has 0 amide bonds. The van der Waals surface area contributed by atoms with Crippen molar-refractivity contribution in [2.75, 3.05) is 0 Å². The Morgan fingerprint density at radius 3 is 2.35 bits per heavy atom. The molecule has 0 saturated heterocycles. The number of hydrogen-bond acceptors (Lipinski definition) is 3. The van der Waals surface area contributed by atoms with Gasteiger partial charge in [0.2, 0.25) is 0 Å². The van der Waals surface area contributed by atoms with Gasteiger partial charge >= 0.3 is 0 Å². The molecule has 0 N–H and O–H groups in total. The molecular weight excluding hydrogens is 310 g/mol. The van der Waals surface area contributed by atoms with Crippen LogP contribution in [0.3, 0.4) is 0 Å². The summed E-state index contributed by atoms with van der Waals surface area (Å²) in [6, 6.07) is 12.1. The molecule has 0 heterocycles. The second-order valence-corrected chi connectivity index (χ2v) is 7.04. The SMILES string of the molecule is Cc1ccc(C)c(S(=O)(=O)/N=C2\C=CC(=O)c3ccccc32)c1. The first-order chi connectivity index (χ1) is 10.9. The quantitative estimate of drug-likeness (QED) is 0.851. The second kappa shape index (κ2) is 5.59. The van der Waals surface area contributed by atoms with Crippen LogP contribution in [0.2, 0.25) is 0 Å². The van der Waals surface area contributed by atoms with E-state index in [1.165, 1.54) is 12.2 Å². The Hall–Kier alpha value is -2.53. The van der Waals surface area contributed by atoms with Crippen molar-refractivity contribution in [2.24, 2.45) is 4.40 Å². The van der Waals surface area contributed by atoms with Gasteiger partial charge in [-0.25, -0.2) is 0 Å². The molecule has 0 unspecified atom stereocenters. The number of allylic oxidation sites excluding steroid dienone is 2. The first-order valence-corrected chi connectivity index (χ1v) is 8.56. The number of benzene rings is 2. The lowest BCUT2D eigenvalue weighted by molar-refractivity contribution is 0.104. The van der Waals surface area contributed by atoms with Gasteiger partial charge in [-0.1, -0.05) is 36.4 Å². The third kappa shape index (κ3) is 2.87. The predicted molar refractivity (Wildman–Crippen MR) is 89.6 cm³/mol. The molecule has 2 aromatic carbocycles. The monoisotopic (exact) mass is 325 g/mol. The number of ketones is 1. The van der Waals surface area contributed by atoms with Gasteiger partial charge in [-0.05, 0) is 43.2 Å². The topological polar surface area (TPSA) is 63.6 Å². The van der Waals surface area contributed by atoms with Gasteiger partial charge in [0, 0.05) is 11.1 Å². The fourth-order valence-electron chi connectivity index (χ4n) is 2.50. The Labute approximate surface area is 135 Å². The molecule has 0 bridgehead atoms. The molecule has 0 aliphatic heterocycles. The van der Waals surface area contributed by atoms with E-state index in [-0.39, 0.29) is 16.4 Å². The molecule has 0 radical (unpaired) electrons. The lowest BCUT2D eigenvalue weighted by Crippen LogP contribution is -2.14. The second-order valence-electron chi connectivity index (χ2n) is 5.46. The van der Waals surface area contributed by atoms with Gasteiger partial charge in [-0.3, -0.25) is 4.79 Å². The zero-order valence-corrected chi connectivity index (χ0v) is 13.6. The van der Waals surface area contributed by atoms with E-state index in [1.807, 2.05) is 13.0 Å². The molecule has 0 spiro atoms. The van der Waals surface area contributed by atoms with E-state index in [2.05, 4.69) is 4.40 Å². The molecule has 5 heteroatoms. The lowest BCUT2D eigenvalue weighted by atomic mass is 9.95. The van der Waals surface area contributed by atoms with Crippen molar-refractivity contribution in [3.05, 3.63) is 76.9 Å². The largest absolute Gasteiger partial charge is 0.289 e. The van der Waals surface area contributed by atoms with Crippen molar-refractivity contribution in [2.45, 2.75) is 18.7 Å². The van der Waals surface area contributed by atoms with E-state index in [1.54, 1.807) is 43.3 Å². The molecule has 1 aliphatic rings. The minimum atomic E-state index is -3.85. The molecule has 23 heavy (non-hydrogen) atoms. The minimum Gasteiger partial charge on any atom is -0.289 e. The number of fused-ring (bicyclic) bond motifs is 1. The average Bonchev–Trinajstić information content (AvgIpc) is 2.52. The molecule has 2 aromatic rings. The van der Waals surface area contributed by atoms with Crippen LogP contribution in [0.5, 0.6) is 0 Å². The Balaban J connectivity index is 2.16. The van der Waals surface area contributed by atoms with Gasteiger partial charge in [0.05, 0.1) is 10.6 Å². The van der Waals surface area contributed by atoms with Crippen molar-refractivity contribution in [1.82, 2.24) is 0 Å². The summed E-state index contributed by atoms with van der Waals surface area (Å²) in [5.74, 6) is -0.149.